The first-order valence-electron chi connectivity index (χ1n) is 10.2. The number of primary amides is 1. The van der Waals surface area contributed by atoms with Crippen molar-refractivity contribution in [3.63, 3.8) is 0 Å². The molecular formula is C21H23N3O6S. The van der Waals surface area contributed by atoms with Gasteiger partial charge in [-0.1, -0.05) is 0 Å². The summed E-state index contributed by atoms with van der Waals surface area (Å²) in [5, 5.41) is 3.07. The lowest BCUT2D eigenvalue weighted by Crippen LogP contribution is -2.40. The van der Waals surface area contributed by atoms with Crippen LogP contribution >= 0.6 is 11.3 Å². The first-order chi connectivity index (χ1) is 14.9. The Morgan fingerprint density at radius 2 is 2.00 bits per heavy atom. The summed E-state index contributed by atoms with van der Waals surface area (Å²) < 4.78 is 10.3. The molecule has 9 nitrogen and oxygen atoms in total. The van der Waals surface area contributed by atoms with Gasteiger partial charge < -0.3 is 25.1 Å². The highest BCUT2D eigenvalue weighted by Gasteiger charge is 2.30. The fourth-order valence-electron chi connectivity index (χ4n) is 4.04. The van der Waals surface area contributed by atoms with Gasteiger partial charge in [0.05, 0.1) is 17.7 Å². The van der Waals surface area contributed by atoms with Crippen molar-refractivity contribution in [2.45, 2.75) is 32.1 Å². The van der Waals surface area contributed by atoms with Gasteiger partial charge in [0.2, 0.25) is 0 Å². The Balaban J connectivity index is 1.26. The third-order valence-corrected chi connectivity index (χ3v) is 6.82. The van der Waals surface area contributed by atoms with E-state index in [4.69, 9.17) is 14.9 Å². The van der Waals surface area contributed by atoms with E-state index in [-0.39, 0.29) is 17.6 Å². The zero-order valence-corrected chi connectivity index (χ0v) is 17.7. The molecule has 1 saturated heterocycles. The Labute approximate surface area is 182 Å². The molecule has 10 heteroatoms. The Morgan fingerprint density at radius 3 is 2.68 bits per heavy atom. The molecule has 3 heterocycles. The topological polar surface area (TPSA) is 132 Å². The molecule has 0 atom stereocenters. The van der Waals surface area contributed by atoms with Crippen LogP contribution in [0.2, 0.25) is 0 Å². The molecule has 1 aliphatic carbocycles. The van der Waals surface area contributed by atoms with Crippen LogP contribution in [0.3, 0.4) is 0 Å². The highest BCUT2D eigenvalue weighted by molar-refractivity contribution is 7.17. The van der Waals surface area contributed by atoms with E-state index in [0.717, 1.165) is 29.7 Å². The van der Waals surface area contributed by atoms with Gasteiger partial charge in [0.1, 0.15) is 5.00 Å². The molecule has 2 aromatic rings. The van der Waals surface area contributed by atoms with E-state index in [1.54, 1.807) is 17.0 Å². The number of nitrogens with one attached hydrogen (secondary N) is 1. The number of fused-ring (bicyclic) bond motifs is 1. The van der Waals surface area contributed by atoms with Gasteiger partial charge in [-0.05, 0) is 49.8 Å². The van der Waals surface area contributed by atoms with Gasteiger partial charge in [-0.25, -0.2) is 0 Å². The third kappa shape index (κ3) is 4.48. The Bertz CT molecular complexity index is 1000. The summed E-state index contributed by atoms with van der Waals surface area (Å²) in [6.45, 7) is 0.383. The van der Waals surface area contributed by atoms with Gasteiger partial charge >= 0.3 is 5.97 Å². The fraction of sp³-hybridized carbons (Fsp3) is 0.429. The summed E-state index contributed by atoms with van der Waals surface area (Å²) in [7, 11) is 0. The molecule has 3 amide bonds. The normalized spacial score (nSPS) is 16.1. The van der Waals surface area contributed by atoms with E-state index in [2.05, 4.69) is 5.32 Å². The number of likely N-dealkylation sites (tertiary alicyclic amines) is 1. The molecule has 1 aliphatic heterocycles. The summed E-state index contributed by atoms with van der Waals surface area (Å²) in [5.41, 5.74) is 6.77. The molecule has 2 aliphatic rings. The number of aryl methyl sites for hydroxylation is 1. The molecule has 164 valence electrons. The second-order valence-corrected chi connectivity index (χ2v) is 8.73. The van der Waals surface area contributed by atoms with E-state index in [9.17, 15) is 19.2 Å². The number of esters is 1. The van der Waals surface area contributed by atoms with Crippen molar-refractivity contribution < 1.29 is 28.3 Å². The minimum absolute atomic E-state index is 0.204. The summed E-state index contributed by atoms with van der Waals surface area (Å²) in [6.07, 6.45) is 4.97. The van der Waals surface area contributed by atoms with Crippen molar-refractivity contribution in [1.29, 1.82) is 0 Å². The average molecular weight is 445 g/mol. The van der Waals surface area contributed by atoms with Crippen LogP contribution in [0.1, 0.15) is 50.6 Å². The van der Waals surface area contributed by atoms with E-state index < -0.39 is 24.4 Å². The number of nitrogens with zero attached hydrogens (tertiary/aromatic N) is 1. The summed E-state index contributed by atoms with van der Waals surface area (Å²) in [5.74, 6) is -1.86. The van der Waals surface area contributed by atoms with Crippen LogP contribution in [0, 0.1) is 5.92 Å². The van der Waals surface area contributed by atoms with Crippen LogP contribution in [-0.2, 0) is 27.2 Å². The van der Waals surface area contributed by atoms with E-state index in [0.29, 0.717) is 36.5 Å². The molecule has 0 unspecified atom stereocenters. The average Bonchev–Trinajstić information content (AvgIpc) is 3.49. The minimum Gasteiger partial charge on any atom is -0.459 e. The predicted octanol–water partition coefficient (Wildman–Crippen LogP) is 1.96. The van der Waals surface area contributed by atoms with Gasteiger partial charge in [-0.15, -0.1) is 11.3 Å². The van der Waals surface area contributed by atoms with Crippen LogP contribution in [-0.4, -0.2) is 48.3 Å². The summed E-state index contributed by atoms with van der Waals surface area (Å²) >= 11 is 1.35. The van der Waals surface area contributed by atoms with Crippen molar-refractivity contribution in [2.24, 2.45) is 11.7 Å². The maximum absolute atomic E-state index is 12.4. The quantitative estimate of drug-likeness (QED) is 0.654. The lowest BCUT2D eigenvalue weighted by molar-refractivity contribution is -0.152. The zero-order chi connectivity index (χ0) is 22.0. The van der Waals surface area contributed by atoms with Crippen molar-refractivity contribution in [3.8, 4) is 0 Å². The van der Waals surface area contributed by atoms with Crippen LogP contribution in [0.25, 0.3) is 0 Å². The molecule has 0 radical (unpaired) electrons. The molecule has 0 aromatic carbocycles. The maximum Gasteiger partial charge on any atom is 0.309 e. The van der Waals surface area contributed by atoms with Gasteiger partial charge in [0.25, 0.3) is 17.7 Å². The predicted molar refractivity (Wildman–Crippen MR) is 112 cm³/mol. The number of amides is 3. The summed E-state index contributed by atoms with van der Waals surface area (Å²) in [6, 6.07) is 3.26. The van der Waals surface area contributed by atoms with Crippen molar-refractivity contribution in [3.05, 3.63) is 40.2 Å². The van der Waals surface area contributed by atoms with Gasteiger partial charge in [0.15, 0.2) is 12.4 Å². The van der Waals surface area contributed by atoms with Crippen LogP contribution < -0.4 is 11.1 Å². The lowest BCUT2D eigenvalue weighted by atomic mass is 9.97. The molecule has 3 N–H and O–H groups in total. The zero-order valence-electron chi connectivity index (χ0n) is 16.8. The number of rotatable bonds is 6. The largest absolute Gasteiger partial charge is 0.459 e. The molecule has 4 rings (SSSR count). The second kappa shape index (κ2) is 8.93. The number of thiophene rings is 1. The number of carbonyl (C=O) groups excluding carboxylic acids is 4. The first kappa shape index (κ1) is 21.1. The van der Waals surface area contributed by atoms with Crippen LogP contribution in [0.4, 0.5) is 5.00 Å². The van der Waals surface area contributed by atoms with E-state index >= 15 is 0 Å². The van der Waals surface area contributed by atoms with E-state index in [1.807, 2.05) is 0 Å². The molecule has 31 heavy (non-hydrogen) atoms. The minimum atomic E-state index is -0.567. The van der Waals surface area contributed by atoms with Crippen LogP contribution in [0.5, 0.6) is 0 Å². The number of hydrogen-bond acceptors (Lipinski definition) is 7. The number of carbonyl (C=O) groups is 4. The Morgan fingerprint density at radius 1 is 1.23 bits per heavy atom. The van der Waals surface area contributed by atoms with Crippen LogP contribution in [0.15, 0.2) is 22.8 Å². The van der Waals surface area contributed by atoms with Crippen molar-refractivity contribution >= 4 is 40.0 Å². The van der Waals surface area contributed by atoms with Crippen molar-refractivity contribution in [2.75, 3.05) is 25.0 Å². The number of ether oxygens (including phenoxy) is 1. The molecule has 0 spiro atoms. The number of furan rings is 1. The second-order valence-electron chi connectivity index (χ2n) is 7.63. The third-order valence-electron chi connectivity index (χ3n) is 5.61. The Hall–Kier alpha value is -3.14. The number of hydrogen-bond donors (Lipinski definition) is 2. The standard InChI is InChI=1S/C21H23N3O6S/c22-18(26)17-13-3-1-5-15(13)31-19(17)23-16(25)11-30-21(28)12-6-8-24(9-7-12)20(27)14-4-2-10-29-14/h2,4,10,12H,1,3,5-9,11H2,(H2,22,26)(H,23,25). The first-order valence-corrected chi connectivity index (χ1v) is 11.0. The van der Waals surface area contributed by atoms with Gasteiger partial charge in [-0.3, -0.25) is 19.2 Å². The molecule has 1 fully saturated rings. The van der Waals surface area contributed by atoms with Gasteiger partial charge in [-0.2, -0.15) is 0 Å². The molecule has 2 aromatic heterocycles. The molecule has 0 bridgehead atoms. The van der Waals surface area contributed by atoms with E-state index in [1.165, 1.54) is 17.6 Å². The maximum atomic E-state index is 12.4. The van der Waals surface area contributed by atoms with Gasteiger partial charge in [0, 0.05) is 18.0 Å². The molecular weight excluding hydrogens is 422 g/mol. The smallest absolute Gasteiger partial charge is 0.309 e. The highest BCUT2D eigenvalue weighted by Crippen LogP contribution is 2.38. The number of anilines is 1. The van der Waals surface area contributed by atoms with Crippen molar-refractivity contribution in [1.82, 2.24) is 4.90 Å². The summed E-state index contributed by atoms with van der Waals surface area (Å²) in [4.78, 5) is 51.4. The number of piperidine rings is 1. The monoisotopic (exact) mass is 445 g/mol. The SMILES string of the molecule is NC(=O)c1c(NC(=O)COC(=O)C2CCN(C(=O)c3ccco3)CC2)sc2c1CCC2. The lowest BCUT2D eigenvalue weighted by Gasteiger charge is -2.30. The highest BCUT2D eigenvalue weighted by atomic mass is 32.1. The fourth-order valence-corrected chi connectivity index (χ4v) is 5.36. The number of nitrogens with two attached hydrogens (primary N) is 1. The Kier molecular flexibility index (Phi) is 6.08. The molecule has 0 saturated carbocycles.